The van der Waals surface area contributed by atoms with Crippen molar-refractivity contribution in [1.29, 1.82) is 0 Å². The number of rotatable bonds is 4. The number of amides is 1. The van der Waals surface area contributed by atoms with E-state index in [0.29, 0.717) is 30.3 Å². The lowest BCUT2D eigenvalue weighted by Crippen LogP contribution is -2.33. The highest BCUT2D eigenvalue weighted by Crippen LogP contribution is 2.23. The molecule has 0 aliphatic heterocycles. The van der Waals surface area contributed by atoms with E-state index in [1.165, 1.54) is 0 Å². The van der Waals surface area contributed by atoms with Gasteiger partial charge in [-0.1, -0.05) is 6.42 Å². The molecule has 4 N–H and O–H groups in total. The zero-order chi connectivity index (χ0) is 13.7. The van der Waals surface area contributed by atoms with E-state index in [1.807, 2.05) is 0 Å². The minimum atomic E-state index is -0.208. The Balaban J connectivity index is 1.86. The van der Waals surface area contributed by atoms with Crippen LogP contribution in [0.5, 0.6) is 0 Å². The molecule has 1 fully saturated rings. The topological polar surface area (TPSA) is 88.2 Å². The van der Waals surface area contributed by atoms with E-state index in [0.717, 1.165) is 25.7 Å². The Morgan fingerprint density at radius 3 is 3.11 bits per heavy atom. The molecule has 1 amide bonds. The molecule has 1 heterocycles. The summed E-state index contributed by atoms with van der Waals surface area (Å²) in [6, 6.07) is 3.40. The largest absolute Gasteiger partial charge is 0.393 e. The van der Waals surface area contributed by atoms with Crippen LogP contribution in [0.3, 0.4) is 0 Å². The van der Waals surface area contributed by atoms with Gasteiger partial charge in [-0.2, -0.15) is 0 Å². The number of hydrogen-bond donors (Lipinski definition) is 3. The average Bonchev–Trinajstić information content (AvgIpc) is 2.45. The van der Waals surface area contributed by atoms with Crippen molar-refractivity contribution in [2.75, 3.05) is 6.54 Å². The summed E-state index contributed by atoms with van der Waals surface area (Å²) in [5.41, 5.74) is 6.80. The first kappa shape index (κ1) is 14.0. The normalized spacial score (nSPS) is 23.1. The molecule has 2 unspecified atom stereocenters. The second-order valence-corrected chi connectivity index (χ2v) is 5.14. The summed E-state index contributed by atoms with van der Waals surface area (Å²) in [4.78, 5) is 16.1. The molecule has 2 rings (SSSR count). The van der Waals surface area contributed by atoms with Crippen molar-refractivity contribution in [2.24, 2.45) is 11.7 Å². The quantitative estimate of drug-likeness (QED) is 0.750. The molecule has 19 heavy (non-hydrogen) atoms. The van der Waals surface area contributed by atoms with Crippen LogP contribution in [0.2, 0.25) is 0 Å². The molecule has 0 bridgehead atoms. The molecular formula is C14H21N3O2. The summed E-state index contributed by atoms with van der Waals surface area (Å²) in [5, 5.41) is 12.5. The molecule has 1 aromatic rings. The van der Waals surface area contributed by atoms with Gasteiger partial charge in [0.1, 0.15) is 0 Å². The summed E-state index contributed by atoms with van der Waals surface area (Å²) in [5.74, 6) is 0.278. The zero-order valence-corrected chi connectivity index (χ0v) is 11.0. The number of nitrogens with zero attached hydrogens (tertiary/aromatic N) is 1. The van der Waals surface area contributed by atoms with E-state index in [4.69, 9.17) is 5.73 Å². The molecule has 0 spiro atoms. The minimum Gasteiger partial charge on any atom is -0.393 e. The van der Waals surface area contributed by atoms with Crippen molar-refractivity contribution in [1.82, 2.24) is 10.3 Å². The number of aromatic nitrogens is 1. The number of aliphatic hydroxyl groups is 1. The van der Waals surface area contributed by atoms with Crippen LogP contribution in [0.15, 0.2) is 18.3 Å². The highest BCUT2D eigenvalue weighted by atomic mass is 16.3. The summed E-state index contributed by atoms with van der Waals surface area (Å²) in [7, 11) is 0. The first-order chi connectivity index (χ1) is 9.19. The fourth-order valence-electron chi connectivity index (χ4n) is 2.52. The number of nitrogens with one attached hydrogen (secondary N) is 1. The first-order valence-corrected chi connectivity index (χ1v) is 6.80. The summed E-state index contributed by atoms with van der Waals surface area (Å²) in [6.07, 6.45) is 5.16. The molecule has 5 nitrogen and oxygen atoms in total. The Morgan fingerprint density at radius 1 is 1.53 bits per heavy atom. The number of pyridine rings is 1. The zero-order valence-electron chi connectivity index (χ0n) is 11.0. The van der Waals surface area contributed by atoms with E-state index in [1.54, 1.807) is 18.3 Å². The second-order valence-electron chi connectivity index (χ2n) is 5.14. The van der Waals surface area contributed by atoms with E-state index in [2.05, 4.69) is 10.3 Å². The van der Waals surface area contributed by atoms with E-state index < -0.39 is 0 Å². The number of hydrogen-bond acceptors (Lipinski definition) is 4. The van der Waals surface area contributed by atoms with Crippen molar-refractivity contribution in [3.8, 4) is 0 Å². The van der Waals surface area contributed by atoms with Crippen LogP contribution in [0, 0.1) is 5.92 Å². The molecule has 5 heteroatoms. The Labute approximate surface area is 113 Å². The van der Waals surface area contributed by atoms with Gasteiger partial charge in [-0.05, 0) is 37.3 Å². The highest BCUT2D eigenvalue weighted by molar-refractivity contribution is 5.94. The van der Waals surface area contributed by atoms with Crippen LogP contribution < -0.4 is 11.1 Å². The Bertz CT molecular complexity index is 436. The van der Waals surface area contributed by atoms with Gasteiger partial charge in [0.15, 0.2) is 0 Å². The predicted molar refractivity (Wildman–Crippen MR) is 72.4 cm³/mol. The number of carbonyl (C=O) groups is 1. The standard InChI is InChI=1S/C14H21N3O2/c15-8-12-7-11(4-5-16-12)14(19)17-9-10-2-1-3-13(18)6-10/h4-5,7,10,13,18H,1-3,6,8-9,15H2,(H,17,19). The molecule has 1 saturated carbocycles. The van der Waals surface area contributed by atoms with Gasteiger partial charge in [0, 0.05) is 24.8 Å². The maximum atomic E-state index is 12.0. The smallest absolute Gasteiger partial charge is 0.251 e. The lowest BCUT2D eigenvalue weighted by molar-refractivity contribution is 0.0873. The summed E-state index contributed by atoms with van der Waals surface area (Å²) < 4.78 is 0. The van der Waals surface area contributed by atoms with E-state index in [-0.39, 0.29) is 12.0 Å². The molecule has 1 aliphatic carbocycles. The number of nitrogens with two attached hydrogens (primary N) is 1. The summed E-state index contributed by atoms with van der Waals surface area (Å²) >= 11 is 0. The van der Waals surface area contributed by atoms with Crippen LogP contribution in [-0.2, 0) is 6.54 Å². The van der Waals surface area contributed by atoms with E-state index >= 15 is 0 Å². The fraction of sp³-hybridized carbons (Fsp3) is 0.571. The minimum absolute atomic E-state index is 0.0998. The van der Waals surface area contributed by atoms with Crippen LogP contribution in [-0.4, -0.2) is 28.6 Å². The second kappa shape index (κ2) is 6.63. The lowest BCUT2D eigenvalue weighted by atomic mass is 9.87. The van der Waals surface area contributed by atoms with Gasteiger partial charge < -0.3 is 16.2 Å². The lowest BCUT2D eigenvalue weighted by Gasteiger charge is -2.25. The molecule has 0 aromatic carbocycles. The maximum absolute atomic E-state index is 12.0. The van der Waals surface area contributed by atoms with Gasteiger partial charge in [-0.25, -0.2) is 0 Å². The molecule has 104 valence electrons. The van der Waals surface area contributed by atoms with Crippen molar-refractivity contribution in [2.45, 2.75) is 38.3 Å². The van der Waals surface area contributed by atoms with Crippen LogP contribution in [0.25, 0.3) is 0 Å². The van der Waals surface area contributed by atoms with Gasteiger partial charge in [-0.3, -0.25) is 9.78 Å². The van der Waals surface area contributed by atoms with E-state index in [9.17, 15) is 9.90 Å². The van der Waals surface area contributed by atoms with Crippen molar-refractivity contribution in [3.05, 3.63) is 29.6 Å². The average molecular weight is 263 g/mol. The van der Waals surface area contributed by atoms with Crippen LogP contribution >= 0.6 is 0 Å². The Morgan fingerprint density at radius 2 is 2.37 bits per heavy atom. The van der Waals surface area contributed by atoms with Crippen molar-refractivity contribution >= 4 is 5.91 Å². The predicted octanol–water partition coefficient (Wildman–Crippen LogP) is 0.821. The molecule has 1 aliphatic rings. The van der Waals surface area contributed by atoms with Crippen LogP contribution in [0.4, 0.5) is 0 Å². The van der Waals surface area contributed by atoms with Gasteiger partial charge in [0.25, 0.3) is 5.91 Å². The van der Waals surface area contributed by atoms with Gasteiger partial charge in [0.2, 0.25) is 0 Å². The Hall–Kier alpha value is -1.46. The third-order valence-electron chi connectivity index (χ3n) is 3.59. The summed E-state index contributed by atoms with van der Waals surface area (Å²) in [6.45, 7) is 0.951. The molecule has 2 atom stereocenters. The SMILES string of the molecule is NCc1cc(C(=O)NCC2CCCC(O)C2)ccn1. The number of carbonyl (C=O) groups excluding carboxylic acids is 1. The van der Waals surface area contributed by atoms with Crippen molar-refractivity contribution < 1.29 is 9.90 Å². The highest BCUT2D eigenvalue weighted by Gasteiger charge is 2.20. The van der Waals surface area contributed by atoms with Crippen LogP contribution in [0.1, 0.15) is 41.7 Å². The third kappa shape index (κ3) is 4.01. The molecule has 0 saturated heterocycles. The van der Waals surface area contributed by atoms with Gasteiger partial charge >= 0.3 is 0 Å². The molecule has 0 radical (unpaired) electrons. The monoisotopic (exact) mass is 263 g/mol. The Kier molecular flexibility index (Phi) is 4.87. The maximum Gasteiger partial charge on any atom is 0.251 e. The molecule has 1 aromatic heterocycles. The third-order valence-corrected chi connectivity index (χ3v) is 3.59. The molecular weight excluding hydrogens is 242 g/mol. The van der Waals surface area contributed by atoms with Gasteiger partial charge in [0.05, 0.1) is 11.8 Å². The van der Waals surface area contributed by atoms with Crippen molar-refractivity contribution in [3.63, 3.8) is 0 Å². The van der Waals surface area contributed by atoms with Gasteiger partial charge in [-0.15, -0.1) is 0 Å². The fourth-order valence-corrected chi connectivity index (χ4v) is 2.52. The number of aliphatic hydroxyl groups excluding tert-OH is 1. The first-order valence-electron chi connectivity index (χ1n) is 6.80.